The summed E-state index contributed by atoms with van der Waals surface area (Å²) in [6, 6.07) is 0. The molecule has 0 saturated carbocycles. The number of hydrogen-bond acceptors (Lipinski definition) is 2. The van der Waals surface area contributed by atoms with Crippen LogP contribution in [0.2, 0.25) is 0 Å². The molecule has 0 radical (unpaired) electrons. The van der Waals surface area contributed by atoms with Crippen LogP contribution in [0.15, 0.2) is 12.7 Å². The maximum Gasteiger partial charge on any atom is 0.00690 e. The van der Waals surface area contributed by atoms with Gasteiger partial charge in [-0.3, -0.25) is 0 Å². The molecule has 0 spiro atoms. The molecule has 0 aliphatic heterocycles. The molecule has 0 aromatic heterocycles. The Hall–Kier alpha value is 0.440. The molecule has 0 N–H and O–H groups in total. The molecule has 0 aliphatic rings. The van der Waals surface area contributed by atoms with E-state index < -0.39 is 0 Å². The van der Waals surface area contributed by atoms with Gasteiger partial charge in [0, 0.05) is 5.75 Å². The third-order valence-corrected chi connectivity index (χ3v) is 1.38. The van der Waals surface area contributed by atoms with E-state index in [0.29, 0.717) is 0 Å². The van der Waals surface area contributed by atoms with E-state index >= 15 is 0 Å². The minimum atomic E-state index is 1.06. The summed E-state index contributed by atoms with van der Waals surface area (Å²) >= 11 is 3.92. The second kappa shape index (κ2) is 5.44. The Morgan fingerprint density at radius 2 is 2.50 bits per heavy atom. The van der Waals surface area contributed by atoms with Crippen molar-refractivity contribution in [3.05, 3.63) is 12.7 Å². The lowest BCUT2D eigenvalue weighted by molar-refractivity contribution is 1.26. The van der Waals surface area contributed by atoms with Gasteiger partial charge < -0.3 is 0 Å². The molecule has 0 amide bonds. The van der Waals surface area contributed by atoms with E-state index in [0.717, 1.165) is 12.2 Å². The fraction of sp³-hybridized carbons (Fsp3) is 0.500. The van der Waals surface area contributed by atoms with Crippen LogP contribution in [-0.2, 0) is 0 Å². The molecule has 0 aromatic rings. The van der Waals surface area contributed by atoms with Gasteiger partial charge >= 0.3 is 0 Å². The maximum atomic E-state index is 3.92. The van der Waals surface area contributed by atoms with Gasteiger partial charge in [-0.2, -0.15) is 0 Å². The predicted octanol–water partition coefficient (Wildman–Crippen LogP) is 2.14. The molecule has 0 rings (SSSR count). The van der Waals surface area contributed by atoms with Crippen molar-refractivity contribution in [3.63, 3.8) is 0 Å². The van der Waals surface area contributed by atoms with E-state index in [2.05, 4.69) is 18.2 Å². The Bertz CT molecular complexity index is 34.5. The molecule has 0 atom stereocenters. The summed E-state index contributed by atoms with van der Waals surface area (Å²) in [5, 5.41) is 0. The van der Waals surface area contributed by atoms with Gasteiger partial charge in [0.05, 0.1) is 0 Å². The van der Waals surface area contributed by atoms with Crippen LogP contribution in [0.25, 0.3) is 0 Å². The van der Waals surface area contributed by atoms with Crippen molar-refractivity contribution >= 4 is 22.5 Å². The van der Waals surface area contributed by atoms with Crippen molar-refractivity contribution in [2.75, 3.05) is 5.75 Å². The van der Waals surface area contributed by atoms with Crippen LogP contribution < -0.4 is 0 Å². The van der Waals surface area contributed by atoms with Gasteiger partial charge in [0.15, 0.2) is 0 Å². The van der Waals surface area contributed by atoms with Crippen molar-refractivity contribution < 1.29 is 0 Å². The Morgan fingerprint density at radius 3 is 2.67 bits per heavy atom. The van der Waals surface area contributed by atoms with Crippen LogP contribution in [0.5, 0.6) is 0 Å². The largest absolute Gasteiger partial charge is 0.111 e. The standard InChI is InChI=1S/C4H8S2/c1-2-3-4-6-5/h2,5H,1,3-4H2. The molecular formula is C4H8S2. The van der Waals surface area contributed by atoms with Crippen molar-refractivity contribution in [3.8, 4) is 0 Å². The molecule has 6 heavy (non-hydrogen) atoms. The Kier molecular flexibility index (Phi) is 5.84. The number of thiol groups is 1. The SMILES string of the molecule is C=CCCSS. The zero-order valence-electron chi connectivity index (χ0n) is 3.55. The lowest BCUT2D eigenvalue weighted by Gasteiger charge is -1.81. The molecule has 36 valence electrons. The van der Waals surface area contributed by atoms with E-state index in [4.69, 9.17) is 0 Å². The number of rotatable bonds is 3. The number of allylic oxidation sites excluding steroid dienone is 1. The molecule has 0 heterocycles. The quantitative estimate of drug-likeness (QED) is 0.258. The molecule has 0 fully saturated rings. The normalized spacial score (nSPS) is 8.17. The second-order valence-electron chi connectivity index (χ2n) is 0.911. The highest BCUT2D eigenvalue weighted by Crippen LogP contribution is 2.05. The molecule has 0 nitrogen and oxygen atoms in total. The molecule has 0 bridgehead atoms. The summed E-state index contributed by atoms with van der Waals surface area (Å²) in [6.45, 7) is 3.55. The average molecular weight is 120 g/mol. The third-order valence-electron chi connectivity index (χ3n) is 0.413. The average Bonchev–Trinajstić information content (AvgIpc) is 1.61. The van der Waals surface area contributed by atoms with Gasteiger partial charge in [-0.15, -0.1) is 18.2 Å². The molecule has 0 saturated heterocycles. The predicted molar refractivity (Wildman–Crippen MR) is 36.3 cm³/mol. The monoisotopic (exact) mass is 120 g/mol. The first kappa shape index (κ1) is 6.44. The first-order chi connectivity index (χ1) is 2.91. The van der Waals surface area contributed by atoms with E-state index in [-0.39, 0.29) is 0 Å². The lowest BCUT2D eigenvalue weighted by Crippen LogP contribution is -1.64. The van der Waals surface area contributed by atoms with Crippen LogP contribution in [0, 0.1) is 0 Å². The van der Waals surface area contributed by atoms with Gasteiger partial charge in [-0.1, -0.05) is 16.9 Å². The summed E-state index contributed by atoms with van der Waals surface area (Å²) in [5.41, 5.74) is 0. The van der Waals surface area contributed by atoms with E-state index in [1.165, 1.54) is 0 Å². The summed E-state index contributed by atoms with van der Waals surface area (Å²) in [7, 11) is 1.55. The van der Waals surface area contributed by atoms with Crippen molar-refractivity contribution in [2.45, 2.75) is 6.42 Å². The van der Waals surface area contributed by atoms with Crippen molar-refractivity contribution in [1.82, 2.24) is 0 Å². The summed E-state index contributed by atoms with van der Waals surface area (Å²) < 4.78 is 0. The highest BCUT2D eigenvalue weighted by Gasteiger charge is 1.72. The van der Waals surface area contributed by atoms with Crippen molar-refractivity contribution in [1.29, 1.82) is 0 Å². The van der Waals surface area contributed by atoms with E-state index in [1.807, 2.05) is 6.08 Å². The first-order valence-electron chi connectivity index (χ1n) is 1.79. The van der Waals surface area contributed by atoms with E-state index in [9.17, 15) is 0 Å². The van der Waals surface area contributed by atoms with Crippen LogP contribution >= 0.6 is 22.5 Å². The summed E-state index contributed by atoms with van der Waals surface area (Å²) in [5.74, 6) is 1.08. The highest BCUT2D eigenvalue weighted by atomic mass is 33.1. The number of hydrogen-bond donors (Lipinski definition) is 1. The molecular weight excluding hydrogens is 112 g/mol. The zero-order chi connectivity index (χ0) is 4.83. The van der Waals surface area contributed by atoms with E-state index in [1.54, 1.807) is 10.8 Å². The van der Waals surface area contributed by atoms with Crippen LogP contribution in [0.3, 0.4) is 0 Å². The smallest absolute Gasteiger partial charge is 0.00690 e. The third kappa shape index (κ3) is 4.44. The fourth-order valence-electron chi connectivity index (χ4n) is 0.136. The first-order valence-corrected chi connectivity index (χ1v) is 3.83. The minimum Gasteiger partial charge on any atom is -0.111 e. The topological polar surface area (TPSA) is 0 Å². The van der Waals surface area contributed by atoms with Gasteiger partial charge in [0.1, 0.15) is 0 Å². The molecule has 0 aliphatic carbocycles. The van der Waals surface area contributed by atoms with Gasteiger partial charge in [-0.25, -0.2) is 0 Å². The zero-order valence-corrected chi connectivity index (χ0v) is 5.27. The van der Waals surface area contributed by atoms with Crippen LogP contribution in [-0.4, -0.2) is 5.75 Å². The Balaban J connectivity index is 2.49. The summed E-state index contributed by atoms with van der Waals surface area (Å²) in [4.78, 5) is 0. The highest BCUT2D eigenvalue weighted by molar-refractivity contribution is 8.68. The van der Waals surface area contributed by atoms with Crippen LogP contribution in [0.4, 0.5) is 0 Å². The Labute approximate surface area is 47.8 Å². The van der Waals surface area contributed by atoms with Gasteiger partial charge in [0.25, 0.3) is 0 Å². The van der Waals surface area contributed by atoms with Gasteiger partial charge in [-0.05, 0) is 6.42 Å². The second-order valence-corrected chi connectivity index (χ2v) is 2.35. The Morgan fingerprint density at radius 1 is 1.83 bits per heavy atom. The fourth-order valence-corrected chi connectivity index (χ4v) is 0.724. The minimum absolute atomic E-state index is 1.06. The molecule has 2 heteroatoms. The summed E-state index contributed by atoms with van der Waals surface area (Å²) in [6.07, 6.45) is 2.96. The van der Waals surface area contributed by atoms with Crippen molar-refractivity contribution in [2.24, 2.45) is 0 Å². The van der Waals surface area contributed by atoms with Gasteiger partial charge in [0.2, 0.25) is 0 Å². The van der Waals surface area contributed by atoms with Crippen LogP contribution in [0.1, 0.15) is 6.42 Å². The maximum absolute atomic E-state index is 3.92. The molecule has 0 aromatic carbocycles. The molecule has 0 unspecified atom stereocenters. The lowest BCUT2D eigenvalue weighted by atomic mass is 10.5.